The standard InChI is InChI=1S/C20H19N3O3/c1-13-5-6-17(8-14(13)2)23-20(25)16-9-15(10-21-11-16)19(24)22-12-18-4-3-7-26-18/h3-11H,12H2,1-2H3,(H,22,24)(H,23,25). The van der Waals surface area contributed by atoms with E-state index >= 15 is 0 Å². The Hall–Kier alpha value is -3.41. The summed E-state index contributed by atoms with van der Waals surface area (Å²) in [5.41, 5.74) is 3.57. The van der Waals surface area contributed by atoms with Gasteiger partial charge in [-0.05, 0) is 55.3 Å². The van der Waals surface area contributed by atoms with Gasteiger partial charge in [0.1, 0.15) is 5.76 Å². The van der Waals surface area contributed by atoms with Crippen LogP contribution in [0.4, 0.5) is 5.69 Å². The first-order valence-corrected chi connectivity index (χ1v) is 8.17. The van der Waals surface area contributed by atoms with Crippen LogP contribution in [0.5, 0.6) is 0 Å². The maximum atomic E-state index is 12.4. The maximum absolute atomic E-state index is 12.4. The van der Waals surface area contributed by atoms with E-state index in [0.29, 0.717) is 22.6 Å². The maximum Gasteiger partial charge on any atom is 0.257 e. The number of hydrogen-bond donors (Lipinski definition) is 2. The van der Waals surface area contributed by atoms with Gasteiger partial charge in [-0.15, -0.1) is 0 Å². The quantitative estimate of drug-likeness (QED) is 0.739. The molecule has 0 atom stereocenters. The number of furan rings is 1. The number of hydrogen-bond acceptors (Lipinski definition) is 4. The fraction of sp³-hybridized carbons (Fsp3) is 0.150. The molecule has 3 aromatic rings. The summed E-state index contributed by atoms with van der Waals surface area (Å²) < 4.78 is 5.17. The van der Waals surface area contributed by atoms with Gasteiger partial charge in [-0.1, -0.05) is 6.07 Å². The lowest BCUT2D eigenvalue weighted by atomic mass is 10.1. The molecule has 2 aromatic heterocycles. The molecule has 0 unspecified atom stereocenters. The molecule has 0 spiro atoms. The van der Waals surface area contributed by atoms with Gasteiger partial charge < -0.3 is 15.1 Å². The SMILES string of the molecule is Cc1ccc(NC(=O)c2cncc(C(=O)NCc3ccco3)c2)cc1C. The minimum absolute atomic E-state index is 0.269. The first-order chi connectivity index (χ1) is 12.5. The number of aryl methyl sites for hydroxylation is 2. The lowest BCUT2D eigenvalue weighted by Crippen LogP contribution is -2.23. The molecular formula is C20H19N3O3. The third-order valence-corrected chi connectivity index (χ3v) is 4.03. The zero-order chi connectivity index (χ0) is 18.5. The molecule has 0 aliphatic heterocycles. The number of nitrogens with one attached hydrogen (secondary N) is 2. The van der Waals surface area contributed by atoms with Gasteiger partial charge in [0.25, 0.3) is 11.8 Å². The second-order valence-electron chi connectivity index (χ2n) is 5.98. The van der Waals surface area contributed by atoms with Crippen LogP contribution in [0, 0.1) is 13.8 Å². The number of carbonyl (C=O) groups excluding carboxylic acids is 2. The van der Waals surface area contributed by atoms with Crippen LogP contribution in [0.2, 0.25) is 0 Å². The van der Waals surface area contributed by atoms with E-state index in [1.807, 2.05) is 32.0 Å². The van der Waals surface area contributed by atoms with Crippen LogP contribution in [0.1, 0.15) is 37.6 Å². The van der Waals surface area contributed by atoms with Crippen LogP contribution >= 0.6 is 0 Å². The van der Waals surface area contributed by atoms with Crippen molar-refractivity contribution in [2.75, 3.05) is 5.32 Å². The van der Waals surface area contributed by atoms with Crippen molar-refractivity contribution in [3.63, 3.8) is 0 Å². The summed E-state index contributed by atoms with van der Waals surface area (Å²) in [5.74, 6) is 0.00566. The lowest BCUT2D eigenvalue weighted by Gasteiger charge is -2.09. The second-order valence-corrected chi connectivity index (χ2v) is 5.98. The summed E-state index contributed by atoms with van der Waals surface area (Å²) in [6.07, 6.45) is 4.39. The summed E-state index contributed by atoms with van der Waals surface area (Å²) in [6, 6.07) is 10.7. The third-order valence-electron chi connectivity index (χ3n) is 4.03. The van der Waals surface area contributed by atoms with Crippen LogP contribution < -0.4 is 10.6 Å². The van der Waals surface area contributed by atoms with E-state index in [1.54, 1.807) is 18.4 Å². The van der Waals surface area contributed by atoms with Crippen molar-refractivity contribution in [1.29, 1.82) is 0 Å². The Morgan fingerprint density at radius 1 is 1.00 bits per heavy atom. The molecule has 0 aliphatic rings. The van der Waals surface area contributed by atoms with Crippen molar-refractivity contribution in [1.82, 2.24) is 10.3 Å². The van der Waals surface area contributed by atoms with Crippen molar-refractivity contribution in [3.8, 4) is 0 Å². The van der Waals surface area contributed by atoms with Crippen molar-refractivity contribution >= 4 is 17.5 Å². The molecule has 1 aromatic carbocycles. The summed E-state index contributed by atoms with van der Waals surface area (Å²) in [6.45, 7) is 4.26. The Bertz CT molecular complexity index is 933. The first-order valence-electron chi connectivity index (χ1n) is 8.17. The lowest BCUT2D eigenvalue weighted by molar-refractivity contribution is 0.0947. The summed E-state index contributed by atoms with van der Waals surface area (Å²) in [7, 11) is 0. The zero-order valence-corrected chi connectivity index (χ0v) is 14.6. The van der Waals surface area contributed by atoms with Crippen LogP contribution in [0.15, 0.2) is 59.5 Å². The van der Waals surface area contributed by atoms with Gasteiger partial charge in [0, 0.05) is 18.1 Å². The molecule has 0 aliphatic carbocycles. The van der Waals surface area contributed by atoms with E-state index in [4.69, 9.17) is 4.42 Å². The average Bonchev–Trinajstić information content (AvgIpc) is 3.16. The van der Waals surface area contributed by atoms with Gasteiger partial charge in [-0.2, -0.15) is 0 Å². The van der Waals surface area contributed by atoms with E-state index in [-0.39, 0.29) is 18.4 Å². The molecule has 0 fully saturated rings. The number of aromatic nitrogens is 1. The Labute approximate surface area is 151 Å². The van der Waals surface area contributed by atoms with Crippen LogP contribution in [-0.2, 0) is 6.54 Å². The van der Waals surface area contributed by atoms with Crippen LogP contribution in [0.25, 0.3) is 0 Å². The molecular weight excluding hydrogens is 330 g/mol. The Balaban J connectivity index is 1.68. The van der Waals surface area contributed by atoms with Gasteiger partial charge in [-0.3, -0.25) is 14.6 Å². The van der Waals surface area contributed by atoms with Gasteiger partial charge in [0.2, 0.25) is 0 Å². The third kappa shape index (κ3) is 4.16. The van der Waals surface area contributed by atoms with E-state index in [9.17, 15) is 9.59 Å². The Morgan fingerprint density at radius 2 is 1.77 bits per heavy atom. The number of carbonyl (C=O) groups is 2. The highest BCUT2D eigenvalue weighted by Crippen LogP contribution is 2.15. The van der Waals surface area contributed by atoms with E-state index in [2.05, 4.69) is 15.6 Å². The minimum atomic E-state index is -0.324. The zero-order valence-electron chi connectivity index (χ0n) is 14.6. The molecule has 6 nitrogen and oxygen atoms in total. The van der Waals surface area contributed by atoms with Crippen LogP contribution in [-0.4, -0.2) is 16.8 Å². The Kier molecular flexibility index (Phi) is 5.12. The first kappa shape index (κ1) is 17.4. The highest BCUT2D eigenvalue weighted by molar-refractivity contribution is 6.05. The van der Waals surface area contributed by atoms with E-state index in [1.165, 1.54) is 18.5 Å². The molecule has 0 radical (unpaired) electrons. The molecule has 6 heteroatoms. The fourth-order valence-corrected chi connectivity index (χ4v) is 2.39. The Morgan fingerprint density at radius 3 is 2.46 bits per heavy atom. The van der Waals surface area contributed by atoms with E-state index < -0.39 is 0 Å². The van der Waals surface area contributed by atoms with Crippen molar-refractivity contribution in [2.45, 2.75) is 20.4 Å². The smallest absolute Gasteiger partial charge is 0.257 e. The highest BCUT2D eigenvalue weighted by atomic mass is 16.3. The number of rotatable bonds is 5. The van der Waals surface area contributed by atoms with Crippen molar-refractivity contribution < 1.29 is 14.0 Å². The molecule has 26 heavy (non-hydrogen) atoms. The predicted octanol–water partition coefficient (Wildman–Crippen LogP) is 3.47. The van der Waals surface area contributed by atoms with Gasteiger partial charge in [0.05, 0.1) is 23.9 Å². The molecule has 2 heterocycles. The number of nitrogens with zero attached hydrogens (tertiary/aromatic N) is 1. The number of amides is 2. The molecule has 0 saturated carbocycles. The monoisotopic (exact) mass is 349 g/mol. The summed E-state index contributed by atoms with van der Waals surface area (Å²) >= 11 is 0. The molecule has 132 valence electrons. The minimum Gasteiger partial charge on any atom is -0.467 e. The normalized spacial score (nSPS) is 10.4. The highest BCUT2D eigenvalue weighted by Gasteiger charge is 2.12. The second kappa shape index (κ2) is 7.65. The molecule has 0 bridgehead atoms. The molecule has 2 N–H and O–H groups in total. The van der Waals surface area contributed by atoms with E-state index in [0.717, 1.165) is 11.1 Å². The topological polar surface area (TPSA) is 84.2 Å². The molecule has 0 saturated heterocycles. The van der Waals surface area contributed by atoms with Crippen LogP contribution in [0.3, 0.4) is 0 Å². The summed E-state index contributed by atoms with van der Waals surface area (Å²) in [5, 5.41) is 5.55. The van der Waals surface area contributed by atoms with Crippen molar-refractivity contribution in [2.24, 2.45) is 0 Å². The largest absolute Gasteiger partial charge is 0.467 e. The van der Waals surface area contributed by atoms with Crippen molar-refractivity contribution in [3.05, 3.63) is 83.1 Å². The number of pyridine rings is 1. The number of anilines is 1. The fourth-order valence-electron chi connectivity index (χ4n) is 2.39. The summed E-state index contributed by atoms with van der Waals surface area (Å²) in [4.78, 5) is 28.7. The number of benzene rings is 1. The molecule has 3 rings (SSSR count). The predicted molar refractivity (Wildman–Crippen MR) is 98.0 cm³/mol. The van der Waals surface area contributed by atoms with Gasteiger partial charge in [0.15, 0.2) is 0 Å². The average molecular weight is 349 g/mol. The van der Waals surface area contributed by atoms with Gasteiger partial charge in [-0.25, -0.2) is 0 Å². The van der Waals surface area contributed by atoms with Gasteiger partial charge >= 0.3 is 0 Å². The molecule has 2 amide bonds.